The topological polar surface area (TPSA) is 72.7 Å². The van der Waals surface area contributed by atoms with Gasteiger partial charge in [0.05, 0.1) is 23.8 Å². The van der Waals surface area contributed by atoms with Crippen molar-refractivity contribution in [2.45, 2.75) is 34.6 Å². The van der Waals surface area contributed by atoms with Crippen LogP contribution in [-0.4, -0.2) is 25.7 Å². The van der Waals surface area contributed by atoms with E-state index in [-0.39, 0.29) is 5.91 Å². The molecule has 0 radical (unpaired) electrons. The molecule has 0 saturated carbocycles. The van der Waals surface area contributed by atoms with E-state index in [2.05, 4.69) is 20.4 Å². The number of nitrogens with zero attached hydrogens (tertiary/aromatic N) is 4. The summed E-state index contributed by atoms with van der Waals surface area (Å²) in [5.74, 6) is 0.318. The zero-order chi connectivity index (χ0) is 18.1. The molecule has 0 spiro atoms. The molecule has 1 N–H and O–H groups in total. The van der Waals surface area contributed by atoms with Crippen molar-refractivity contribution in [2.75, 3.05) is 5.32 Å². The Balaban J connectivity index is 1.82. The van der Waals surface area contributed by atoms with Crippen LogP contribution in [-0.2, 0) is 0 Å². The smallest absolute Gasteiger partial charge is 0.256 e. The number of rotatable bonds is 3. The van der Waals surface area contributed by atoms with E-state index in [4.69, 9.17) is 0 Å². The Morgan fingerprint density at radius 1 is 1.04 bits per heavy atom. The van der Waals surface area contributed by atoms with Crippen LogP contribution in [0.3, 0.4) is 0 Å². The van der Waals surface area contributed by atoms with Gasteiger partial charge in [-0.3, -0.25) is 4.79 Å². The second-order valence-electron chi connectivity index (χ2n) is 6.25. The van der Waals surface area contributed by atoms with Gasteiger partial charge in [-0.25, -0.2) is 14.6 Å². The maximum Gasteiger partial charge on any atom is 0.256 e. The van der Waals surface area contributed by atoms with Crippen LogP contribution in [0.1, 0.15) is 38.4 Å². The molecule has 0 aliphatic rings. The molecule has 1 amide bonds. The Bertz CT molecular complexity index is 941. The van der Waals surface area contributed by atoms with Crippen molar-refractivity contribution in [1.29, 1.82) is 0 Å². The maximum atomic E-state index is 12.5. The molecule has 3 rings (SSSR count). The second-order valence-corrected chi connectivity index (χ2v) is 6.25. The quantitative estimate of drug-likeness (QED) is 0.795. The summed E-state index contributed by atoms with van der Waals surface area (Å²) in [5.41, 5.74) is 6.25. The minimum Gasteiger partial charge on any atom is -0.319 e. The summed E-state index contributed by atoms with van der Waals surface area (Å²) in [6.07, 6.45) is 3.19. The van der Waals surface area contributed by atoms with E-state index in [1.807, 2.05) is 52.8 Å². The van der Waals surface area contributed by atoms with E-state index in [0.717, 1.165) is 28.1 Å². The number of carbonyl (C=O) groups is 1. The van der Waals surface area contributed by atoms with E-state index in [9.17, 15) is 4.79 Å². The lowest BCUT2D eigenvalue weighted by molar-refractivity contribution is 0.102. The lowest BCUT2D eigenvalue weighted by atomic mass is 10.1. The fraction of sp³-hybridized carbons (Fsp3) is 0.263. The van der Waals surface area contributed by atoms with Crippen LogP contribution in [0.4, 0.5) is 5.69 Å². The summed E-state index contributed by atoms with van der Waals surface area (Å²) in [6, 6.07) is 5.80. The number of nitrogens with one attached hydrogen (secondary N) is 1. The fourth-order valence-electron chi connectivity index (χ4n) is 2.59. The first-order valence-corrected chi connectivity index (χ1v) is 8.10. The van der Waals surface area contributed by atoms with E-state index in [0.29, 0.717) is 17.2 Å². The summed E-state index contributed by atoms with van der Waals surface area (Å²) < 4.78 is 1.71. The summed E-state index contributed by atoms with van der Waals surface area (Å²) in [7, 11) is 0. The molecule has 0 unspecified atom stereocenters. The molecule has 0 fully saturated rings. The second kappa shape index (κ2) is 6.47. The summed E-state index contributed by atoms with van der Waals surface area (Å²) in [5, 5.41) is 7.29. The largest absolute Gasteiger partial charge is 0.319 e. The van der Waals surface area contributed by atoms with Gasteiger partial charge < -0.3 is 5.32 Å². The zero-order valence-corrected chi connectivity index (χ0v) is 15.1. The predicted molar refractivity (Wildman–Crippen MR) is 97.2 cm³/mol. The minimum absolute atomic E-state index is 0.167. The molecular formula is C19H21N5O. The molecule has 0 atom stereocenters. The highest BCUT2D eigenvalue weighted by atomic mass is 16.1. The summed E-state index contributed by atoms with van der Waals surface area (Å²) in [4.78, 5) is 21.1. The van der Waals surface area contributed by atoms with Crippen molar-refractivity contribution in [3.05, 3.63) is 64.2 Å². The standard InChI is InChI=1S/C19H21N5O/c1-11-6-7-12(2)17(8-11)18(25)22-16-9-20-19(21-10-16)24-15(5)13(3)14(4)23-24/h6-10H,1-5H3,(H,22,25). The van der Waals surface area contributed by atoms with Gasteiger partial charge in [-0.05, 0) is 51.8 Å². The Hall–Kier alpha value is -3.02. The Labute approximate surface area is 146 Å². The highest BCUT2D eigenvalue weighted by Crippen LogP contribution is 2.16. The molecule has 2 aromatic heterocycles. The molecule has 2 heterocycles. The van der Waals surface area contributed by atoms with Crippen molar-refractivity contribution in [3.63, 3.8) is 0 Å². The number of benzene rings is 1. The molecule has 0 saturated heterocycles. The number of hydrogen-bond donors (Lipinski definition) is 1. The molecule has 0 bridgehead atoms. The van der Waals surface area contributed by atoms with Gasteiger partial charge in [-0.1, -0.05) is 17.7 Å². The Kier molecular flexibility index (Phi) is 4.35. The highest BCUT2D eigenvalue weighted by molar-refractivity contribution is 6.05. The minimum atomic E-state index is -0.167. The average Bonchev–Trinajstić information content (AvgIpc) is 2.85. The Morgan fingerprint density at radius 3 is 2.32 bits per heavy atom. The van der Waals surface area contributed by atoms with E-state index >= 15 is 0 Å². The van der Waals surface area contributed by atoms with Crippen LogP contribution >= 0.6 is 0 Å². The van der Waals surface area contributed by atoms with Gasteiger partial charge in [0, 0.05) is 11.3 Å². The lowest BCUT2D eigenvalue weighted by Crippen LogP contribution is -2.14. The van der Waals surface area contributed by atoms with Crippen molar-refractivity contribution in [3.8, 4) is 5.95 Å². The van der Waals surface area contributed by atoms with Crippen molar-refractivity contribution < 1.29 is 4.79 Å². The number of hydrogen-bond acceptors (Lipinski definition) is 4. The van der Waals surface area contributed by atoms with Gasteiger partial charge in [0.15, 0.2) is 0 Å². The molecular weight excluding hydrogens is 314 g/mol. The summed E-state index contributed by atoms with van der Waals surface area (Å²) in [6.45, 7) is 9.84. The van der Waals surface area contributed by atoms with Crippen molar-refractivity contribution in [2.24, 2.45) is 0 Å². The third-order valence-electron chi connectivity index (χ3n) is 4.38. The molecule has 6 heteroatoms. The third kappa shape index (κ3) is 3.28. The molecule has 25 heavy (non-hydrogen) atoms. The molecule has 128 valence electrons. The van der Waals surface area contributed by atoms with Crippen molar-refractivity contribution in [1.82, 2.24) is 19.7 Å². The number of anilines is 1. The average molecular weight is 335 g/mol. The maximum absolute atomic E-state index is 12.5. The number of aromatic nitrogens is 4. The monoisotopic (exact) mass is 335 g/mol. The Morgan fingerprint density at radius 2 is 1.72 bits per heavy atom. The van der Waals surface area contributed by atoms with Gasteiger partial charge in [0.2, 0.25) is 0 Å². The van der Waals surface area contributed by atoms with Crippen LogP contribution in [0.5, 0.6) is 0 Å². The summed E-state index contributed by atoms with van der Waals surface area (Å²) >= 11 is 0. The van der Waals surface area contributed by atoms with Gasteiger partial charge in [0.25, 0.3) is 11.9 Å². The van der Waals surface area contributed by atoms with Crippen LogP contribution in [0.25, 0.3) is 5.95 Å². The fourth-order valence-corrected chi connectivity index (χ4v) is 2.59. The molecule has 1 aromatic carbocycles. The predicted octanol–water partition coefficient (Wildman–Crippen LogP) is 3.46. The van der Waals surface area contributed by atoms with Gasteiger partial charge >= 0.3 is 0 Å². The van der Waals surface area contributed by atoms with Crippen LogP contribution in [0.2, 0.25) is 0 Å². The number of aryl methyl sites for hydroxylation is 3. The SMILES string of the molecule is Cc1ccc(C)c(C(=O)Nc2cnc(-n3nc(C)c(C)c3C)nc2)c1. The van der Waals surface area contributed by atoms with E-state index < -0.39 is 0 Å². The normalized spacial score (nSPS) is 10.8. The first kappa shape index (κ1) is 16.8. The molecule has 3 aromatic rings. The molecule has 6 nitrogen and oxygen atoms in total. The van der Waals surface area contributed by atoms with Crippen LogP contribution in [0.15, 0.2) is 30.6 Å². The first-order valence-electron chi connectivity index (χ1n) is 8.10. The lowest BCUT2D eigenvalue weighted by Gasteiger charge is -2.09. The van der Waals surface area contributed by atoms with E-state index in [1.165, 1.54) is 0 Å². The number of carbonyl (C=O) groups excluding carboxylic acids is 1. The zero-order valence-electron chi connectivity index (χ0n) is 15.1. The number of amides is 1. The third-order valence-corrected chi connectivity index (χ3v) is 4.38. The first-order chi connectivity index (χ1) is 11.9. The van der Waals surface area contributed by atoms with Crippen LogP contribution < -0.4 is 5.32 Å². The van der Waals surface area contributed by atoms with Gasteiger partial charge in [0.1, 0.15) is 0 Å². The molecule has 0 aliphatic carbocycles. The molecule has 0 aliphatic heterocycles. The highest BCUT2D eigenvalue weighted by Gasteiger charge is 2.13. The van der Waals surface area contributed by atoms with Gasteiger partial charge in [-0.15, -0.1) is 0 Å². The van der Waals surface area contributed by atoms with Crippen LogP contribution in [0, 0.1) is 34.6 Å². The van der Waals surface area contributed by atoms with Crippen molar-refractivity contribution >= 4 is 11.6 Å². The van der Waals surface area contributed by atoms with E-state index in [1.54, 1.807) is 17.1 Å². The van der Waals surface area contributed by atoms with Gasteiger partial charge in [-0.2, -0.15) is 5.10 Å².